The summed E-state index contributed by atoms with van der Waals surface area (Å²) >= 11 is 0. The molecular formula is C24H23FN4O3. The van der Waals surface area contributed by atoms with Gasteiger partial charge in [-0.05, 0) is 61.6 Å². The van der Waals surface area contributed by atoms with Gasteiger partial charge < -0.3 is 15.7 Å². The van der Waals surface area contributed by atoms with E-state index in [1.54, 1.807) is 24.3 Å². The lowest BCUT2D eigenvalue weighted by atomic mass is 10.1. The van der Waals surface area contributed by atoms with Gasteiger partial charge in [-0.25, -0.2) is 9.18 Å². The molecule has 0 aliphatic heterocycles. The molecule has 0 saturated heterocycles. The van der Waals surface area contributed by atoms with Crippen molar-refractivity contribution in [1.29, 1.82) is 0 Å². The van der Waals surface area contributed by atoms with Crippen molar-refractivity contribution in [2.45, 2.75) is 38.1 Å². The van der Waals surface area contributed by atoms with E-state index in [1.807, 2.05) is 6.07 Å². The SMILES string of the molecule is O=C(Nc1ccc(-c2cc(C3CC3)n(C(=O)NCc3cccc(F)c3)n2)c(O)c1)C1CC1. The number of carbonyl (C=O) groups is 2. The van der Waals surface area contributed by atoms with Crippen LogP contribution in [0.4, 0.5) is 14.9 Å². The second kappa shape index (κ2) is 8.11. The number of phenolic OH excluding ortho intramolecular Hbond substituents is 1. The number of nitrogens with zero attached hydrogens (tertiary/aromatic N) is 2. The molecule has 1 heterocycles. The minimum atomic E-state index is -0.407. The van der Waals surface area contributed by atoms with Crippen molar-refractivity contribution in [3.8, 4) is 17.0 Å². The summed E-state index contributed by atoms with van der Waals surface area (Å²) in [6, 6.07) is 12.4. The normalized spacial score (nSPS) is 15.4. The summed E-state index contributed by atoms with van der Waals surface area (Å²) in [5, 5.41) is 20.6. The molecule has 0 atom stereocenters. The number of phenols is 1. The van der Waals surface area contributed by atoms with Gasteiger partial charge >= 0.3 is 6.03 Å². The van der Waals surface area contributed by atoms with Crippen LogP contribution in [0.25, 0.3) is 11.3 Å². The van der Waals surface area contributed by atoms with Crippen LogP contribution in [0, 0.1) is 11.7 Å². The molecule has 3 aromatic rings. The zero-order valence-corrected chi connectivity index (χ0v) is 17.3. The number of rotatable bonds is 6. The summed E-state index contributed by atoms with van der Waals surface area (Å²) < 4.78 is 14.7. The maximum absolute atomic E-state index is 13.4. The van der Waals surface area contributed by atoms with Crippen molar-refractivity contribution in [2.75, 3.05) is 5.32 Å². The number of benzene rings is 2. The summed E-state index contributed by atoms with van der Waals surface area (Å²) in [5.74, 6) is -0.0999. The first kappa shape index (κ1) is 20.2. The molecule has 0 bridgehead atoms. The van der Waals surface area contributed by atoms with Crippen molar-refractivity contribution in [2.24, 2.45) is 5.92 Å². The average Bonchev–Trinajstić information content (AvgIpc) is 3.69. The second-order valence-electron chi connectivity index (χ2n) is 8.42. The Balaban J connectivity index is 1.35. The van der Waals surface area contributed by atoms with E-state index >= 15 is 0 Å². The Kier molecular flexibility index (Phi) is 5.13. The first-order valence-electron chi connectivity index (χ1n) is 10.7. The first-order valence-corrected chi connectivity index (χ1v) is 10.7. The van der Waals surface area contributed by atoms with Gasteiger partial charge in [0.15, 0.2) is 0 Å². The highest BCUT2D eigenvalue weighted by Crippen LogP contribution is 2.42. The van der Waals surface area contributed by atoms with Crippen molar-refractivity contribution in [3.63, 3.8) is 0 Å². The number of hydrogen-bond donors (Lipinski definition) is 3. The van der Waals surface area contributed by atoms with Crippen LogP contribution in [0.15, 0.2) is 48.5 Å². The standard InChI is InChI=1S/C24H23FN4O3/c25-17-3-1-2-14(10-17)13-26-24(32)29-21(15-4-5-15)12-20(28-29)19-9-8-18(11-22(19)30)27-23(31)16-6-7-16/h1-3,8-12,15-16,30H,4-7,13H2,(H,26,32)(H,27,31). The number of hydrogen-bond acceptors (Lipinski definition) is 4. The Labute approximate surface area is 184 Å². The van der Waals surface area contributed by atoms with Gasteiger partial charge in [-0.2, -0.15) is 9.78 Å². The smallest absolute Gasteiger partial charge is 0.342 e. The summed E-state index contributed by atoms with van der Waals surface area (Å²) in [6.07, 6.45) is 3.75. The number of aromatic nitrogens is 2. The van der Waals surface area contributed by atoms with Crippen LogP contribution in [0.3, 0.4) is 0 Å². The average molecular weight is 434 g/mol. The first-order chi connectivity index (χ1) is 15.5. The fourth-order valence-electron chi connectivity index (χ4n) is 3.68. The van der Waals surface area contributed by atoms with E-state index in [9.17, 15) is 19.1 Å². The molecule has 3 N–H and O–H groups in total. The Hall–Kier alpha value is -3.68. The summed E-state index contributed by atoms with van der Waals surface area (Å²) in [5.41, 5.74) is 2.92. The molecular weight excluding hydrogens is 411 g/mol. The van der Waals surface area contributed by atoms with Crippen molar-refractivity contribution < 1.29 is 19.1 Å². The minimum Gasteiger partial charge on any atom is -0.507 e. The van der Waals surface area contributed by atoms with Crippen LogP contribution >= 0.6 is 0 Å². The highest BCUT2D eigenvalue weighted by atomic mass is 19.1. The van der Waals surface area contributed by atoms with Crippen LogP contribution in [0.2, 0.25) is 0 Å². The molecule has 2 aliphatic carbocycles. The second-order valence-corrected chi connectivity index (χ2v) is 8.42. The number of anilines is 1. The Morgan fingerprint density at radius 2 is 1.91 bits per heavy atom. The number of amides is 2. The number of aromatic hydroxyl groups is 1. The van der Waals surface area contributed by atoms with Crippen LogP contribution in [-0.4, -0.2) is 26.8 Å². The van der Waals surface area contributed by atoms with E-state index in [0.29, 0.717) is 22.5 Å². The Bertz CT molecular complexity index is 1200. The lowest BCUT2D eigenvalue weighted by Crippen LogP contribution is -2.30. The van der Waals surface area contributed by atoms with Gasteiger partial charge in [0.05, 0.1) is 11.4 Å². The molecule has 0 spiro atoms. The predicted octanol–water partition coefficient (Wildman–Crippen LogP) is 4.38. The van der Waals surface area contributed by atoms with Crippen LogP contribution < -0.4 is 10.6 Å². The fraction of sp³-hybridized carbons (Fsp3) is 0.292. The summed E-state index contributed by atoms with van der Waals surface area (Å²) in [7, 11) is 0. The van der Waals surface area contributed by atoms with Gasteiger partial charge in [0.25, 0.3) is 0 Å². The maximum Gasteiger partial charge on any atom is 0.342 e. The third-order valence-corrected chi connectivity index (χ3v) is 5.75. The molecule has 0 radical (unpaired) electrons. The van der Waals surface area contributed by atoms with E-state index in [2.05, 4.69) is 15.7 Å². The van der Waals surface area contributed by atoms with Crippen molar-refractivity contribution in [1.82, 2.24) is 15.1 Å². The lowest BCUT2D eigenvalue weighted by Gasteiger charge is -2.08. The van der Waals surface area contributed by atoms with Crippen LogP contribution in [0.1, 0.15) is 42.9 Å². The predicted molar refractivity (Wildman–Crippen MR) is 117 cm³/mol. The zero-order chi connectivity index (χ0) is 22.2. The summed E-state index contributed by atoms with van der Waals surface area (Å²) in [6.45, 7) is 0.177. The molecule has 2 aromatic carbocycles. The molecule has 2 aliphatic rings. The van der Waals surface area contributed by atoms with Gasteiger partial charge in [0.2, 0.25) is 5.91 Å². The molecule has 2 amide bonds. The quantitative estimate of drug-likeness (QED) is 0.537. The Morgan fingerprint density at radius 3 is 2.59 bits per heavy atom. The van der Waals surface area contributed by atoms with E-state index in [4.69, 9.17) is 0 Å². The molecule has 8 heteroatoms. The molecule has 32 heavy (non-hydrogen) atoms. The summed E-state index contributed by atoms with van der Waals surface area (Å²) in [4.78, 5) is 24.8. The van der Waals surface area contributed by atoms with E-state index < -0.39 is 6.03 Å². The zero-order valence-electron chi connectivity index (χ0n) is 17.3. The Morgan fingerprint density at radius 1 is 1.09 bits per heavy atom. The highest BCUT2D eigenvalue weighted by molar-refractivity contribution is 5.94. The van der Waals surface area contributed by atoms with Gasteiger partial charge in [0, 0.05) is 35.7 Å². The van der Waals surface area contributed by atoms with Crippen LogP contribution in [-0.2, 0) is 11.3 Å². The molecule has 7 nitrogen and oxygen atoms in total. The fourth-order valence-corrected chi connectivity index (χ4v) is 3.68. The monoisotopic (exact) mass is 434 g/mol. The molecule has 2 fully saturated rings. The molecule has 1 aromatic heterocycles. The maximum atomic E-state index is 13.4. The van der Waals surface area contributed by atoms with E-state index in [0.717, 1.165) is 31.4 Å². The lowest BCUT2D eigenvalue weighted by molar-refractivity contribution is -0.117. The van der Waals surface area contributed by atoms with Crippen LogP contribution in [0.5, 0.6) is 5.75 Å². The van der Waals surface area contributed by atoms with E-state index in [1.165, 1.54) is 22.9 Å². The van der Waals surface area contributed by atoms with Gasteiger partial charge in [0.1, 0.15) is 11.6 Å². The molecule has 2 saturated carbocycles. The van der Waals surface area contributed by atoms with Gasteiger partial charge in [-0.3, -0.25) is 4.79 Å². The number of nitrogens with one attached hydrogen (secondary N) is 2. The topological polar surface area (TPSA) is 96.3 Å². The largest absolute Gasteiger partial charge is 0.507 e. The number of carbonyl (C=O) groups excluding carboxylic acids is 2. The molecule has 5 rings (SSSR count). The van der Waals surface area contributed by atoms with E-state index in [-0.39, 0.29) is 35.9 Å². The van der Waals surface area contributed by atoms with Gasteiger partial charge in [-0.15, -0.1) is 0 Å². The van der Waals surface area contributed by atoms with Gasteiger partial charge in [-0.1, -0.05) is 12.1 Å². The highest BCUT2D eigenvalue weighted by Gasteiger charge is 2.31. The number of halogens is 1. The third kappa shape index (κ3) is 4.34. The van der Waals surface area contributed by atoms with Crippen molar-refractivity contribution in [3.05, 3.63) is 65.6 Å². The van der Waals surface area contributed by atoms with Crippen molar-refractivity contribution >= 4 is 17.6 Å². The third-order valence-electron chi connectivity index (χ3n) is 5.75. The molecule has 164 valence electrons. The molecule has 0 unspecified atom stereocenters. The minimum absolute atomic E-state index is 0.0224.